The Kier molecular flexibility index (Phi) is 5.27. The third-order valence-corrected chi connectivity index (χ3v) is 4.74. The fourth-order valence-corrected chi connectivity index (χ4v) is 3.15. The molecule has 1 aliphatic rings. The molecular weight excluding hydrogens is 404 g/mol. The molecule has 3 aromatic rings. The Balaban J connectivity index is 1.29. The van der Waals surface area contributed by atoms with E-state index in [1.54, 1.807) is 12.1 Å². The Bertz CT molecular complexity index is 1150. The fraction of sp³-hybridized carbons (Fsp3) is 0.143. The zero-order valence-electron chi connectivity index (χ0n) is 16.2. The molecule has 0 saturated heterocycles. The molecule has 0 bridgehead atoms. The molecule has 0 fully saturated rings. The number of nitrogens with zero attached hydrogens (tertiary/aromatic N) is 4. The first-order valence-electron chi connectivity index (χ1n) is 9.27. The van der Waals surface area contributed by atoms with Gasteiger partial charge < -0.3 is 14.2 Å². The number of ether oxygens (including phenoxy) is 1. The summed E-state index contributed by atoms with van der Waals surface area (Å²) in [5.74, 6) is -0.432. The summed E-state index contributed by atoms with van der Waals surface area (Å²) < 4.78 is 10.2. The van der Waals surface area contributed by atoms with Crippen molar-refractivity contribution in [1.82, 2.24) is 15.0 Å². The van der Waals surface area contributed by atoms with Crippen molar-refractivity contribution in [2.24, 2.45) is 0 Å². The Morgan fingerprint density at radius 2 is 1.87 bits per heavy atom. The van der Waals surface area contributed by atoms with Crippen LogP contribution in [0.3, 0.4) is 0 Å². The van der Waals surface area contributed by atoms with E-state index >= 15 is 0 Å². The van der Waals surface area contributed by atoms with E-state index in [-0.39, 0.29) is 42.9 Å². The third kappa shape index (κ3) is 4.04. The van der Waals surface area contributed by atoms with Gasteiger partial charge in [-0.2, -0.15) is 4.98 Å². The van der Waals surface area contributed by atoms with Crippen molar-refractivity contribution in [3.8, 4) is 11.4 Å². The zero-order chi connectivity index (χ0) is 22.0. The van der Waals surface area contributed by atoms with Gasteiger partial charge in [0.05, 0.1) is 11.3 Å². The smallest absolute Gasteiger partial charge is 0.308 e. The van der Waals surface area contributed by atoms with Crippen LogP contribution >= 0.6 is 0 Å². The number of rotatable bonds is 7. The summed E-state index contributed by atoms with van der Waals surface area (Å²) in [7, 11) is 0. The van der Waals surface area contributed by atoms with Crippen molar-refractivity contribution in [3.05, 3.63) is 82.2 Å². The summed E-state index contributed by atoms with van der Waals surface area (Å²) in [5, 5.41) is 14.5. The molecule has 0 atom stereocenters. The number of benzene rings is 2. The Morgan fingerprint density at radius 3 is 2.55 bits per heavy atom. The van der Waals surface area contributed by atoms with Crippen LogP contribution in [-0.4, -0.2) is 38.4 Å². The minimum Gasteiger partial charge on any atom is -0.456 e. The summed E-state index contributed by atoms with van der Waals surface area (Å²) in [6.45, 7) is 3.84. The SMILES string of the molecule is C=C1c2ccccc2C(=O)N1CCC(=O)OCc1nc(-c2ccc([N+](=O)[O-])cc2)no1. The number of carbonyl (C=O) groups is 2. The van der Waals surface area contributed by atoms with Crippen LogP contribution in [0.15, 0.2) is 59.6 Å². The quantitative estimate of drug-likeness (QED) is 0.324. The monoisotopic (exact) mass is 420 g/mol. The molecule has 0 spiro atoms. The van der Waals surface area contributed by atoms with Crippen LogP contribution < -0.4 is 0 Å². The molecule has 0 N–H and O–H groups in total. The molecule has 0 aliphatic carbocycles. The van der Waals surface area contributed by atoms with Crippen molar-refractivity contribution in [1.29, 1.82) is 0 Å². The third-order valence-electron chi connectivity index (χ3n) is 4.74. The Hall–Kier alpha value is -4.34. The molecule has 1 amide bonds. The van der Waals surface area contributed by atoms with E-state index in [0.29, 0.717) is 16.8 Å². The maximum absolute atomic E-state index is 12.4. The maximum atomic E-state index is 12.4. The van der Waals surface area contributed by atoms with Gasteiger partial charge in [-0.05, 0) is 18.2 Å². The normalized spacial score (nSPS) is 12.7. The van der Waals surface area contributed by atoms with E-state index < -0.39 is 10.9 Å². The number of nitro groups is 1. The summed E-state index contributed by atoms with van der Waals surface area (Å²) >= 11 is 0. The molecule has 31 heavy (non-hydrogen) atoms. The fourth-order valence-electron chi connectivity index (χ4n) is 3.15. The number of hydrogen-bond acceptors (Lipinski definition) is 8. The number of amides is 1. The van der Waals surface area contributed by atoms with Crippen LogP contribution in [0, 0.1) is 10.1 Å². The highest BCUT2D eigenvalue weighted by Crippen LogP contribution is 2.31. The van der Waals surface area contributed by atoms with E-state index in [0.717, 1.165) is 5.56 Å². The lowest BCUT2D eigenvalue weighted by Gasteiger charge is -2.16. The summed E-state index contributed by atoms with van der Waals surface area (Å²) in [6, 6.07) is 12.8. The number of carbonyl (C=O) groups excluding carboxylic acids is 2. The summed E-state index contributed by atoms with van der Waals surface area (Å²) in [4.78, 5) is 40.3. The Labute approximate surface area is 175 Å². The number of non-ortho nitro benzene ring substituents is 1. The van der Waals surface area contributed by atoms with Gasteiger partial charge in [-0.3, -0.25) is 19.7 Å². The minimum absolute atomic E-state index is 0.0257. The molecule has 10 nitrogen and oxygen atoms in total. The lowest BCUT2D eigenvalue weighted by Crippen LogP contribution is -2.26. The highest BCUT2D eigenvalue weighted by molar-refractivity contribution is 6.08. The lowest BCUT2D eigenvalue weighted by molar-refractivity contribution is -0.384. The van der Waals surface area contributed by atoms with Crippen LogP contribution in [0.25, 0.3) is 17.1 Å². The van der Waals surface area contributed by atoms with E-state index in [1.807, 2.05) is 12.1 Å². The first kappa shape index (κ1) is 20.0. The van der Waals surface area contributed by atoms with Gasteiger partial charge in [0.15, 0.2) is 6.61 Å². The van der Waals surface area contributed by atoms with Gasteiger partial charge in [0.1, 0.15) is 0 Å². The average Bonchev–Trinajstić information content (AvgIpc) is 3.35. The molecule has 0 unspecified atom stereocenters. The van der Waals surface area contributed by atoms with Gasteiger partial charge in [-0.1, -0.05) is 29.9 Å². The molecule has 2 aromatic carbocycles. The van der Waals surface area contributed by atoms with Gasteiger partial charge >= 0.3 is 5.97 Å². The second-order valence-corrected chi connectivity index (χ2v) is 6.68. The van der Waals surface area contributed by atoms with E-state index in [4.69, 9.17) is 9.26 Å². The van der Waals surface area contributed by atoms with Crippen molar-refractivity contribution >= 4 is 23.3 Å². The van der Waals surface area contributed by atoms with Gasteiger partial charge in [0, 0.05) is 41.1 Å². The van der Waals surface area contributed by atoms with Gasteiger partial charge in [-0.25, -0.2) is 0 Å². The number of esters is 1. The van der Waals surface area contributed by atoms with Crippen LogP contribution in [0.2, 0.25) is 0 Å². The molecule has 0 radical (unpaired) electrons. The molecule has 1 aliphatic heterocycles. The molecule has 2 heterocycles. The predicted octanol–water partition coefficient (Wildman–Crippen LogP) is 3.20. The number of hydrogen-bond donors (Lipinski definition) is 0. The van der Waals surface area contributed by atoms with Gasteiger partial charge in [0.25, 0.3) is 17.5 Å². The predicted molar refractivity (Wildman–Crippen MR) is 107 cm³/mol. The summed E-state index contributed by atoms with van der Waals surface area (Å²) in [6.07, 6.45) is -0.0257. The largest absolute Gasteiger partial charge is 0.456 e. The first-order chi connectivity index (χ1) is 14.9. The van der Waals surface area contributed by atoms with Crippen LogP contribution in [0.4, 0.5) is 5.69 Å². The highest BCUT2D eigenvalue weighted by Gasteiger charge is 2.30. The topological polar surface area (TPSA) is 129 Å². The Morgan fingerprint density at radius 1 is 1.16 bits per heavy atom. The maximum Gasteiger partial charge on any atom is 0.308 e. The van der Waals surface area contributed by atoms with Crippen molar-refractivity contribution in [3.63, 3.8) is 0 Å². The number of nitro benzene ring substituents is 1. The van der Waals surface area contributed by atoms with Gasteiger partial charge in [0.2, 0.25) is 5.82 Å². The standard InChI is InChI=1S/C21H16N4O6/c1-13-16-4-2-3-5-17(16)21(27)24(13)11-10-19(26)30-12-18-22-20(23-31-18)14-6-8-15(9-7-14)25(28)29/h2-9H,1,10-12H2. The van der Waals surface area contributed by atoms with Crippen LogP contribution in [0.1, 0.15) is 28.2 Å². The molecule has 0 saturated carbocycles. The minimum atomic E-state index is -0.536. The highest BCUT2D eigenvalue weighted by atomic mass is 16.6. The van der Waals surface area contributed by atoms with E-state index in [9.17, 15) is 19.7 Å². The number of fused-ring (bicyclic) bond motifs is 1. The van der Waals surface area contributed by atoms with Gasteiger partial charge in [-0.15, -0.1) is 0 Å². The second kappa shape index (κ2) is 8.19. The van der Waals surface area contributed by atoms with Crippen molar-refractivity contribution in [2.45, 2.75) is 13.0 Å². The second-order valence-electron chi connectivity index (χ2n) is 6.68. The molecule has 156 valence electrons. The lowest BCUT2D eigenvalue weighted by atomic mass is 10.1. The van der Waals surface area contributed by atoms with Crippen molar-refractivity contribution < 1.29 is 23.8 Å². The van der Waals surface area contributed by atoms with Crippen molar-refractivity contribution in [2.75, 3.05) is 6.54 Å². The van der Waals surface area contributed by atoms with E-state index in [1.165, 1.54) is 29.2 Å². The average molecular weight is 420 g/mol. The molecule has 1 aromatic heterocycles. The molecule has 10 heteroatoms. The first-order valence-corrected chi connectivity index (χ1v) is 9.27. The van der Waals surface area contributed by atoms with Crippen LogP contribution in [-0.2, 0) is 16.1 Å². The molecule has 4 rings (SSSR count). The van der Waals surface area contributed by atoms with Crippen LogP contribution in [0.5, 0.6) is 0 Å². The molecular formula is C21H16N4O6. The number of aromatic nitrogens is 2. The van der Waals surface area contributed by atoms with E-state index in [2.05, 4.69) is 16.7 Å². The zero-order valence-corrected chi connectivity index (χ0v) is 16.2. The summed E-state index contributed by atoms with van der Waals surface area (Å²) in [5.41, 5.74) is 2.34.